The minimum absolute atomic E-state index is 0.00460. The Labute approximate surface area is 134 Å². The van der Waals surface area contributed by atoms with Gasteiger partial charge in [-0.1, -0.05) is 19.1 Å². The molecule has 0 aliphatic rings. The summed E-state index contributed by atoms with van der Waals surface area (Å²) in [6.45, 7) is 5.62. The van der Waals surface area contributed by atoms with Crippen molar-refractivity contribution < 1.29 is 13.2 Å². The summed E-state index contributed by atoms with van der Waals surface area (Å²) in [6.07, 6.45) is 1.78. The molecule has 0 saturated heterocycles. The Hall–Kier alpha value is -1.57. The Balaban J connectivity index is 2.06. The third-order valence-electron chi connectivity index (χ3n) is 3.21. The van der Waals surface area contributed by atoms with Crippen LogP contribution in [0.15, 0.2) is 35.4 Å². The molecule has 0 unspecified atom stereocenters. The van der Waals surface area contributed by atoms with Crippen LogP contribution in [0.4, 0.5) is 0 Å². The molecule has 0 saturated carbocycles. The highest BCUT2D eigenvalue weighted by Crippen LogP contribution is 2.21. The van der Waals surface area contributed by atoms with Gasteiger partial charge in [-0.25, -0.2) is 18.1 Å². The lowest BCUT2D eigenvalue weighted by molar-refractivity contribution is 0.101. The molecule has 2 aromatic rings. The molecule has 1 aromatic heterocycles. The number of aromatic nitrogens is 1. The van der Waals surface area contributed by atoms with Crippen molar-refractivity contribution in [1.29, 1.82) is 0 Å². The maximum atomic E-state index is 12.2. The molecule has 7 heteroatoms. The maximum Gasteiger partial charge on any atom is 0.240 e. The van der Waals surface area contributed by atoms with Gasteiger partial charge in [-0.15, -0.1) is 11.3 Å². The van der Waals surface area contributed by atoms with Crippen LogP contribution in [0.1, 0.15) is 40.0 Å². The van der Waals surface area contributed by atoms with E-state index >= 15 is 0 Å². The van der Waals surface area contributed by atoms with Crippen LogP contribution < -0.4 is 4.72 Å². The van der Waals surface area contributed by atoms with E-state index in [1.54, 1.807) is 17.5 Å². The molecule has 0 spiro atoms. The number of carbonyl (C=O) groups is 1. The van der Waals surface area contributed by atoms with E-state index in [2.05, 4.69) is 9.71 Å². The summed E-state index contributed by atoms with van der Waals surface area (Å²) in [5.41, 5.74) is 0.491. The first kappa shape index (κ1) is 16.8. The van der Waals surface area contributed by atoms with E-state index in [1.807, 2.05) is 13.8 Å². The molecule has 22 heavy (non-hydrogen) atoms. The quantitative estimate of drug-likeness (QED) is 0.822. The van der Waals surface area contributed by atoms with E-state index in [0.29, 0.717) is 5.56 Å². The minimum atomic E-state index is -3.58. The van der Waals surface area contributed by atoms with Crippen LogP contribution in [0, 0.1) is 6.92 Å². The SMILES string of the molecule is CC(=O)c1ccc(S(=O)(=O)NC[C@@H](C)c2ncc(C)s2)cc1. The van der Waals surface area contributed by atoms with Gasteiger partial charge in [0, 0.05) is 29.1 Å². The largest absolute Gasteiger partial charge is 0.295 e. The standard InChI is InChI=1S/C15H18N2O3S2/c1-10(15-16-9-11(2)21-15)8-17-22(19,20)14-6-4-13(5-7-14)12(3)18/h4-7,9-10,17H,8H2,1-3H3/t10-/m1/s1. The van der Waals surface area contributed by atoms with Crippen LogP contribution in [0.5, 0.6) is 0 Å². The molecule has 0 amide bonds. The normalized spacial score (nSPS) is 13.0. The van der Waals surface area contributed by atoms with Crippen molar-refractivity contribution in [2.24, 2.45) is 0 Å². The van der Waals surface area contributed by atoms with Gasteiger partial charge in [0.15, 0.2) is 5.78 Å². The molecule has 0 radical (unpaired) electrons. The molecule has 1 N–H and O–H groups in total. The monoisotopic (exact) mass is 338 g/mol. The zero-order valence-electron chi connectivity index (χ0n) is 12.7. The summed E-state index contributed by atoms with van der Waals surface area (Å²) in [7, 11) is -3.58. The van der Waals surface area contributed by atoms with Crippen molar-refractivity contribution in [3.8, 4) is 0 Å². The van der Waals surface area contributed by atoms with Gasteiger partial charge in [-0.05, 0) is 26.0 Å². The highest BCUT2D eigenvalue weighted by Gasteiger charge is 2.17. The number of hydrogen-bond acceptors (Lipinski definition) is 5. The van der Waals surface area contributed by atoms with E-state index < -0.39 is 10.0 Å². The summed E-state index contributed by atoms with van der Waals surface area (Å²) in [5.74, 6) is -0.0883. The molecular formula is C15H18N2O3S2. The molecule has 1 atom stereocenters. The fourth-order valence-electron chi connectivity index (χ4n) is 1.87. The highest BCUT2D eigenvalue weighted by molar-refractivity contribution is 7.89. The molecule has 2 rings (SSSR count). The average molecular weight is 338 g/mol. The maximum absolute atomic E-state index is 12.2. The third kappa shape index (κ3) is 4.00. The molecule has 5 nitrogen and oxygen atoms in total. The van der Waals surface area contributed by atoms with Crippen LogP contribution in [-0.4, -0.2) is 25.7 Å². The van der Waals surface area contributed by atoms with Crippen LogP contribution >= 0.6 is 11.3 Å². The number of Topliss-reactive ketones (excluding diaryl/α,β-unsaturated/α-hetero) is 1. The van der Waals surface area contributed by atoms with Crippen LogP contribution in [0.25, 0.3) is 0 Å². The molecule has 0 aliphatic carbocycles. The number of ketones is 1. The fraction of sp³-hybridized carbons (Fsp3) is 0.333. The van der Waals surface area contributed by atoms with E-state index in [1.165, 1.54) is 31.2 Å². The predicted molar refractivity (Wildman–Crippen MR) is 86.9 cm³/mol. The lowest BCUT2D eigenvalue weighted by atomic mass is 10.2. The van der Waals surface area contributed by atoms with Gasteiger partial charge in [0.1, 0.15) is 0 Å². The topological polar surface area (TPSA) is 76.1 Å². The summed E-state index contributed by atoms with van der Waals surface area (Å²) < 4.78 is 27.1. The molecule has 0 aliphatic heterocycles. The number of rotatable bonds is 6. The Bertz CT molecular complexity index is 764. The first-order valence-corrected chi connectivity index (χ1v) is 9.12. The number of thiazole rings is 1. The Kier molecular flexibility index (Phi) is 5.10. The van der Waals surface area contributed by atoms with Gasteiger partial charge in [-0.3, -0.25) is 4.79 Å². The molecule has 0 fully saturated rings. The van der Waals surface area contributed by atoms with E-state index in [4.69, 9.17) is 0 Å². The van der Waals surface area contributed by atoms with Gasteiger partial charge >= 0.3 is 0 Å². The van der Waals surface area contributed by atoms with E-state index in [-0.39, 0.29) is 23.1 Å². The zero-order chi connectivity index (χ0) is 16.3. The van der Waals surface area contributed by atoms with Gasteiger partial charge in [-0.2, -0.15) is 0 Å². The van der Waals surface area contributed by atoms with Crippen LogP contribution in [-0.2, 0) is 10.0 Å². The van der Waals surface area contributed by atoms with Crippen LogP contribution in [0.2, 0.25) is 0 Å². The number of sulfonamides is 1. The Morgan fingerprint density at radius 2 is 1.95 bits per heavy atom. The second kappa shape index (κ2) is 6.68. The number of hydrogen-bond donors (Lipinski definition) is 1. The smallest absolute Gasteiger partial charge is 0.240 e. The highest BCUT2D eigenvalue weighted by atomic mass is 32.2. The molecular weight excluding hydrogens is 320 g/mol. The molecule has 0 bridgehead atoms. The van der Waals surface area contributed by atoms with Crippen molar-refractivity contribution >= 4 is 27.1 Å². The van der Waals surface area contributed by atoms with Gasteiger partial charge in [0.25, 0.3) is 0 Å². The Morgan fingerprint density at radius 3 is 2.45 bits per heavy atom. The second-order valence-electron chi connectivity index (χ2n) is 5.14. The summed E-state index contributed by atoms with van der Waals surface area (Å²) in [5, 5.41) is 0.909. The number of carbonyl (C=O) groups excluding carboxylic acids is 1. The molecule has 118 valence electrons. The predicted octanol–water partition coefficient (Wildman–Crippen LogP) is 2.74. The van der Waals surface area contributed by atoms with E-state index in [9.17, 15) is 13.2 Å². The van der Waals surface area contributed by atoms with Gasteiger partial charge in [0.05, 0.1) is 9.90 Å². The van der Waals surface area contributed by atoms with Crippen molar-refractivity contribution in [3.63, 3.8) is 0 Å². The number of benzene rings is 1. The van der Waals surface area contributed by atoms with Gasteiger partial charge in [0.2, 0.25) is 10.0 Å². The summed E-state index contributed by atoms with van der Waals surface area (Å²) in [4.78, 5) is 16.7. The number of aryl methyl sites for hydroxylation is 1. The Morgan fingerprint density at radius 1 is 1.32 bits per heavy atom. The van der Waals surface area contributed by atoms with Crippen LogP contribution in [0.3, 0.4) is 0 Å². The van der Waals surface area contributed by atoms with Gasteiger partial charge < -0.3 is 0 Å². The zero-order valence-corrected chi connectivity index (χ0v) is 14.3. The average Bonchev–Trinajstić information content (AvgIpc) is 2.91. The number of nitrogens with one attached hydrogen (secondary N) is 1. The minimum Gasteiger partial charge on any atom is -0.295 e. The lowest BCUT2D eigenvalue weighted by Gasteiger charge is -2.11. The summed E-state index contributed by atoms with van der Waals surface area (Å²) in [6, 6.07) is 5.92. The van der Waals surface area contributed by atoms with Crippen molar-refractivity contribution in [1.82, 2.24) is 9.71 Å². The summed E-state index contributed by atoms with van der Waals surface area (Å²) >= 11 is 1.56. The third-order valence-corrected chi connectivity index (χ3v) is 5.80. The second-order valence-corrected chi connectivity index (χ2v) is 8.18. The van der Waals surface area contributed by atoms with Crippen molar-refractivity contribution in [2.75, 3.05) is 6.54 Å². The first-order valence-electron chi connectivity index (χ1n) is 6.82. The lowest BCUT2D eigenvalue weighted by Crippen LogP contribution is -2.27. The first-order chi connectivity index (χ1) is 10.3. The fourth-order valence-corrected chi connectivity index (χ4v) is 3.83. The van der Waals surface area contributed by atoms with Crippen molar-refractivity contribution in [2.45, 2.75) is 31.6 Å². The van der Waals surface area contributed by atoms with Crippen molar-refractivity contribution in [3.05, 3.63) is 45.9 Å². The molecule has 1 aromatic carbocycles. The number of nitrogens with zero attached hydrogens (tertiary/aromatic N) is 1. The molecule has 1 heterocycles. The van der Waals surface area contributed by atoms with E-state index in [0.717, 1.165) is 9.88 Å².